The van der Waals surface area contributed by atoms with E-state index in [1.165, 1.54) is 5.56 Å². The van der Waals surface area contributed by atoms with Gasteiger partial charge in [-0.25, -0.2) is 0 Å². The minimum atomic E-state index is 0.00105. The smallest absolute Gasteiger partial charge is 0.238 e. The van der Waals surface area contributed by atoms with Gasteiger partial charge in [0.05, 0.1) is 5.75 Å². The number of carbonyl (C=O) groups is 1. The first-order valence-electron chi connectivity index (χ1n) is 8.64. The SMILES string of the molecule is Cc1ccc([C@@H]2SCC(=O)N2c2ccc(Oc3ccc(Cl)cc3)cc2)cc1. The quantitative estimate of drug-likeness (QED) is 0.525. The Morgan fingerprint density at radius 3 is 2.15 bits per heavy atom. The Morgan fingerprint density at radius 2 is 1.52 bits per heavy atom. The van der Waals surface area contributed by atoms with E-state index < -0.39 is 0 Å². The first-order valence-corrected chi connectivity index (χ1v) is 10.1. The highest BCUT2D eigenvalue weighted by atomic mass is 35.5. The van der Waals surface area contributed by atoms with E-state index in [1.54, 1.807) is 23.9 Å². The Bertz CT molecular complexity index is 940. The van der Waals surface area contributed by atoms with Crippen LogP contribution in [0.4, 0.5) is 5.69 Å². The van der Waals surface area contributed by atoms with Crippen molar-refractivity contribution in [2.45, 2.75) is 12.3 Å². The van der Waals surface area contributed by atoms with Gasteiger partial charge in [0, 0.05) is 10.7 Å². The van der Waals surface area contributed by atoms with Crippen LogP contribution in [-0.2, 0) is 4.79 Å². The summed E-state index contributed by atoms with van der Waals surface area (Å²) in [6.45, 7) is 2.06. The molecule has 4 rings (SSSR count). The summed E-state index contributed by atoms with van der Waals surface area (Å²) in [6.07, 6.45) is 0. The van der Waals surface area contributed by atoms with Gasteiger partial charge in [-0.3, -0.25) is 9.69 Å². The number of nitrogens with zero attached hydrogens (tertiary/aromatic N) is 1. The van der Waals surface area contributed by atoms with Gasteiger partial charge in [0.15, 0.2) is 0 Å². The molecule has 0 N–H and O–H groups in total. The summed E-state index contributed by atoms with van der Waals surface area (Å²) in [7, 11) is 0. The average molecular weight is 396 g/mol. The zero-order valence-corrected chi connectivity index (χ0v) is 16.3. The van der Waals surface area contributed by atoms with Crippen LogP contribution in [0.15, 0.2) is 72.8 Å². The maximum absolute atomic E-state index is 12.5. The first-order chi connectivity index (χ1) is 13.1. The van der Waals surface area contributed by atoms with Gasteiger partial charge in [-0.15, -0.1) is 11.8 Å². The molecule has 3 aromatic rings. The zero-order chi connectivity index (χ0) is 18.8. The molecule has 0 radical (unpaired) electrons. The summed E-state index contributed by atoms with van der Waals surface area (Å²) < 4.78 is 5.84. The fraction of sp³-hybridized carbons (Fsp3) is 0.136. The van der Waals surface area contributed by atoms with Crippen molar-refractivity contribution in [1.82, 2.24) is 0 Å². The molecule has 1 amide bonds. The van der Waals surface area contributed by atoms with Crippen molar-refractivity contribution >= 4 is 35.0 Å². The minimum Gasteiger partial charge on any atom is -0.457 e. The van der Waals surface area contributed by atoms with Crippen LogP contribution in [0.1, 0.15) is 16.5 Å². The third-order valence-corrected chi connectivity index (χ3v) is 5.86. The molecule has 0 bridgehead atoms. The number of aryl methyl sites for hydroxylation is 1. The van der Waals surface area contributed by atoms with Crippen LogP contribution in [0.3, 0.4) is 0 Å². The van der Waals surface area contributed by atoms with E-state index in [9.17, 15) is 4.79 Å². The van der Waals surface area contributed by atoms with Crippen LogP contribution in [0.25, 0.3) is 0 Å². The van der Waals surface area contributed by atoms with Crippen LogP contribution in [-0.4, -0.2) is 11.7 Å². The number of hydrogen-bond acceptors (Lipinski definition) is 3. The van der Waals surface area contributed by atoms with Crippen LogP contribution in [0.2, 0.25) is 5.02 Å². The lowest BCUT2D eigenvalue weighted by Gasteiger charge is -2.24. The highest BCUT2D eigenvalue weighted by Gasteiger charge is 2.33. The average Bonchev–Trinajstić information content (AvgIpc) is 3.06. The third kappa shape index (κ3) is 3.97. The minimum absolute atomic E-state index is 0.00105. The number of anilines is 1. The molecule has 1 atom stereocenters. The molecule has 5 heteroatoms. The number of thioether (sulfide) groups is 1. The van der Waals surface area contributed by atoms with E-state index in [4.69, 9.17) is 16.3 Å². The summed E-state index contributed by atoms with van der Waals surface area (Å²) in [4.78, 5) is 14.4. The molecule has 0 aromatic heterocycles. The molecule has 3 nitrogen and oxygen atoms in total. The molecular formula is C22H18ClNO2S. The van der Waals surface area contributed by atoms with Gasteiger partial charge < -0.3 is 4.74 Å². The second-order valence-corrected chi connectivity index (χ2v) is 7.89. The number of amides is 1. The van der Waals surface area contributed by atoms with Crippen molar-refractivity contribution in [2.75, 3.05) is 10.7 Å². The summed E-state index contributed by atoms with van der Waals surface area (Å²) in [6, 6.07) is 23.2. The molecule has 1 heterocycles. The molecule has 27 heavy (non-hydrogen) atoms. The van der Waals surface area contributed by atoms with Crippen molar-refractivity contribution < 1.29 is 9.53 Å². The molecule has 1 fully saturated rings. The standard InChI is InChI=1S/C22H18ClNO2S/c1-15-2-4-16(5-3-15)22-24(21(25)14-27-22)18-8-12-20(13-9-18)26-19-10-6-17(23)7-11-19/h2-13,22H,14H2,1H3/t22-/m0/s1. The lowest BCUT2D eigenvalue weighted by molar-refractivity contribution is -0.115. The predicted molar refractivity (Wildman–Crippen MR) is 112 cm³/mol. The summed E-state index contributed by atoms with van der Waals surface area (Å²) >= 11 is 7.55. The molecule has 1 saturated heterocycles. The van der Waals surface area contributed by atoms with Gasteiger partial charge >= 0.3 is 0 Å². The van der Waals surface area contributed by atoms with Gasteiger partial charge in [-0.1, -0.05) is 41.4 Å². The Balaban J connectivity index is 1.55. The van der Waals surface area contributed by atoms with Crippen LogP contribution >= 0.6 is 23.4 Å². The van der Waals surface area contributed by atoms with Crippen molar-refractivity contribution in [3.05, 3.63) is 88.9 Å². The predicted octanol–water partition coefficient (Wildman–Crippen LogP) is 6.22. The molecule has 0 saturated carbocycles. The van der Waals surface area contributed by atoms with Crippen LogP contribution < -0.4 is 9.64 Å². The van der Waals surface area contributed by atoms with E-state index in [0.717, 1.165) is 17.0 Å². The van der Waals surface area contributed by atoms with Crippen molar-refractivity contribution in [3.8, 4) is 11.5 Å². The van der Waals surface area contributed by atoms with E-state index in [0.29, 0.717) is 16.5 Å². The lowest BCUT2D eigenvalue weighted by atomic mass is 10.1. The Morgan fingerprint density at radius 1 is 0.926 bits per heavy atom. The maximum Gasteiger partial charge on any atom is 0.238 e. The van der Waals surface area contributed by atoms with Crippen molar-refractivity contribution in [1.29, 1.82) is 0 Å². The number of carbonyl (C=O) groups excluding carboxylic acids is 1. The van der Waals surface area contributed by atoms with Crippen LogP contribution in [0.5, 0.6) is 11.5 Å². The summed E-state index contributed by atoms with van der Waals surface area (Å²) in [5.41, 5.74) is 3.22. The van der Waals surface area contributed by atoms with Crippen LogP contribution in [0, 0.1) is 6.92 Å². The number of ether oxygens (including phenoxy) is 1. The number of hydrogen-bond donors (Lipinski definition) is 0. The lowest BCUT2D eigenvalue weighted by Crippen LogP contribution is -2.27. The highest BCUT2D eigenvalue weighted by Crippen LogP contribution is 2.42. The van der Waals surface area contributed by atoms with Crippen molar-refractivity contribution in [2.24, 2.45) is 0 Å². The van der Waals surface area contributed by atoms with Crippen molar-refractivity contribution in [3.63, 3.8) is 0 Å². The second-order valence-electron chi connectivity index (χ2n) is 6.39. The van der Waals surface area contributed by atoms with Gasteiger partial charge in [-0.05, 0) is 61.0 Å². The second kappa shape index (κ2) is 7.67. The van der Waals surface area contributed by atoms with Gasteiger partial charge in [0.2, 0.25) is 5.91 Å². The van der Waals surface area contributed by atoms with E-state index in [-0.39, 0.29) is 11.3 Å². The number of rotatable bonds is 4. The van der Waals surface area contributed by atoms with Gasteiger partial charge in [-0.2, -0.15) is 0 Å². The van der Waals surface area contributed by atoms with E-state index in [1.807, 2.05) is 41.3 Å². The summed E-state index contributed by atoms with van der Waals surface area (Å²) in [5, 5.41) is 0.672. The molecule has 3 aromatic carbocycles. The topological polar surface area (TPSA) is 29.5 Å². The van der Waals surface area contributed by atoms with E-state index in [2.05, 4.69) is 31.2 Å². The third-order valence-electron chi connectivity index (χ3n) is 4.39. The summed E-state index contributed by atoms with van der Waals surface area (Å²) in [5.74, 6) is 2.04. The molecule has 1 aliphatic heterocycles. The largest absolute Gasteiger partial charge is 0.457 e. The Hall–Kier alpha value is -2.43. The molecular weight excluding hydrogens is 378 g/mol. The zero-order valence-electron chi connectivity index (χ0n) is 14.8. The monoisotopic (exact) mass is 395 g/mol. The number of halogens is 1. The van der Waals surface area contributed by atoms with Gasteiger partial charge in [0.25, 0.3) is 0 Å². The molecule has 0 spiro atoms. The molecule has 0 aliphatic carbocycles. The molecule has 136 valence electrons. The first kappa shape index (κ1) is 18.0. The fourth-order valence-electron chi connectivity index (χ4n) is 2.99. The van der Waals surface area contributed by atoms with Gasteiger partial charge in [0.1, 0.15) is 16.9 Å². The Labute approximate surface area is 167 Å². The molecule has 1 aliphatic rings. The normalized spacial score (nSPS) is 16.6. The number of benzene rings is 3. The van der Waals surface area contributed by atoms with E-state index >= 15 is 0 Å². The maximum atomic E-state index is 12.5. The molecule has 0 unspecified atom stereocenters. The fourth-order valence-corrected chi connectivity index (χ4v) is 4.30. The highest BCUT2D eigenvalue weighted by molar-refractivity contribution is 8.00. The Kier molecular flexibility index (Phi) is 5.10.